The van der Waals surface area contributed by atoms with Crippen LogP contribution in [0.4, 0.5) is 5.95 Å². The van der Waals surface area contributed by atoms with Gasteiger partial charge in [0.1, 0.15) is 5.52 Å². The molecule has 1 aromatic heterocycles. The summed E-state index contributed by atoms with van der Waals surface area (Å²) in [5.74, 6) is 0.488. The molecule has 130 valence electrons. The normalized spacial score (nSPS) is 13.4. The molecular weight excluding hydrogens is 306 g/mol. The van der Waals surface area contributed by atoms with E-state index in [1.807, 2.05) is 18.0 Å². The van der Waals surface area contributed by atoms with E-state index in [2.05, 4.69) is 21.5 Å². The van der Waals surface area contributed by atoms with Crippen LogP contribution in [0.3, 0.4) is 0 Å². The number of methoxy groups -OCH3 is 1. The van der Waals surface area contributed by atoms with Gasteiger partial charge in [-0.2, -0.15) is 0 Å². The molecule has 0 amide bonds. The fraction of sp³-hybridized carbons (Fsp3) is 0.588. The first kappa shape index (κ1) is 16.9. The lowest BCUT2D eigenvalue weighted by atomic mass is 10.1. The van der Waals surface area contributed by atoms with E-state index in [1.54, 1.807) is 7.11 Å². The van der Waals surface area contributed by atoms with Crippen molar-refractivity contribution in [3.8, 4) is 0 Å². The largest absolute Gasteiger partial charge is 0.594 e. The zero-order valence-electron chi connectivity index (χ0n) is 14.4. The third-order valence-electron chi connectivity index (χ3n) is 4.49. The van der Waals surface area contributed by atoms with E-state index in [1.165, 1.54) is 11.1 Å². The minimum Gasteiger partial charge on any atom is -0.594 e. The van der Waals surface area contributed by atoms with E-state index in [4.69, 9.17) is 4.74 Å². The highest BCUT2D eigenvalue weighted by atomic mass is 16.5. The average molecular weight is 331 g/mol. The van der Waals surface area contributed by atoms with Crippen molar-refractivity contribution in [2.24, 2.45) is 0 Å². The lowest BCUT2D eigenvalue weighted by Gasteiger charge is -2.21. The maximum absolute atomic E-state index is 12.4. The van der Waals surface area contributed by atoms with Crippen LogP contribution in [-0.2, 0) is 17.6 Å². The van der Waals surface area contributed by atoms with Crippen molar-refractivity contribution in [1.29, 1.82) is 0 Å². The molecule has 1 aromatic carbocycles. The summed E-state index contributed by atoms with van der Waals surface area (Å²) in [4.78, 5) is 7.43. The highest BCUT2D eigenvalue weighted by Crippen LogP contribution is 2.25. The Balaban J connectivity index is 1.92. The fourth-order valence-corrected chi connectivity index (χ4v) is 3.20. The molecule has 0 spiro atoms. The number of aryl methyl sites for hydroxylation is 2. The van der Waals surface area contributed by atoms with Crippen molar-refractivity contribution in [3.05, 3.63) is 28.5 Å². The number of rotatable bonds is 8. The standard InChI is InChI=1S/C17H25N5O2/c1-18-7-9-21(8-4-10-24-2)17-19-15-11-13-5-3-6-14(13)12-16(15)22(23)20-17/h11-12,18H,3-10H2,1-2H3. The highest BCUT2D eigenvalue weighted by Gasteiger charge is 2.20. The van der Waals surface area contributed by atoms with E-state index in [0.29, 0.717) is 18.1 Å². The van der Waals surface area contributed by atoms with E-state index < -0.39 is 0 Å². The monoisotopic (exact) mass is 331 g/mol. The first-order valence-electron chi connectivity index (χ1n) is 8.55. The van der Waals surface area contributed by atoms with Crippen LogP contribution in [0.25, 0.3) is 11.0 Å². The summed E-state index contributed by atoms with van der Waals surface area (Å²) < 4.78 is 5.13. The second-order valence-electron chi connectivity index (χ2n) is 6.18. The van der Waals surface area contributed by atoms with Gasteiger partial charge in [-0.25, -0.2) is 4.98 Å². The SMILES string of the molecule is CNCCN(CCCOC)c1nc2cc3c(cc2[n+]([O-])n1)CCC3. The van der Waals surface area contributed by atoms with Crippen molar-refractivity contribution in [2.75, 3.05) is 45.3 Å². The molecule has 0 unspecified atom stereocenters. The predicted molar refractivity (Wildman–Crippen MR) is 93.2 cm³/mol. The molecule has 24 heavy (non-hydrogen) atoms. The van der Waals surface area contributed by atoms with E-state index in [9.17, 15) is 5.21 Å². The minimum atomic E-state index is 0.488. The minimum absolute atomic E-state index is 0.488. The van der Waals surface area contributed by atoms with Crippen LogP contribution in [0.15, 0.2) is 12.1 Å². The molecule has 7 heteroatoms. The second kappa shape index (κ2) is 7.72. The topological polar surface area (TPSA) is 77.2 Å². The summed E-state index contributed by atoms with van der Waals surface area (Å²) in [5, 5.41) is 19.7. The van der Waals surface area contributed by atoms with Gasteiger partial charge in [0.2, 0.25) is 0 Å². The van der Waals surface area contributed by atoms with Crippen LogP contribution in [-0.4, -0.2) is 50.5 Å². The number of ether oxygens (including phenoxy) is 1. The maximum Gasteiger partial charge on any atom is 0.293 e. The molecule has 0 saturated carbocycles. The smallest absolute Gasteiger partial charge is 0.293 e. The first-order chi connectivity index (χ1) is 11.7. The number of nitrogens with zero attached hydrogens (tertiary/aromatic N) is 4. The Morgan fingerprint density at radius 2 is 2.08 bits per heavy atom. The Labute approximate surface area is 142 Å². The second-order valence-corrected chi connectivity index (χ2v) is 6.18. The molecule has 2 aromatic rings. The molecule has 0 fully saturated rings. The van der Waals surface area contributed by atoms with Crippen molar-refractivity contribution < 1.29 is 9.58 Å². The zero-order chi connectivity index (χ0) is 16.9. The van der Waals surface area contributed by atoms with Crippen LogP contribution in [0.5, 0.6) is 0 Å². The van der Waals surface area contributed by atoms with E-state index in [0.717, 1.165) is 55.7 Å². The fourth-order valence-electron chi connectivity index (χ4n) is 3.20. The zero-order valence-corrected chi connectivity index (χ0v) is 14.4. The van der Waals surface area contributed by atoms with Crippen molar-refractivity contribution in [2.45, 2.75) is 25.7 Å². The Hall–Kier alpha value is -1.99. The summed E-state index contributed by atoms with van der Waals surface area (Å²) in [6, 6.07) is 4.01. The number of hydrogen-bond acceptors (Lipinski definition) is 6. The lowest BCUT2D eigenvalue weighted by Crippen LogP contribution is -2.39. The van der Waals surface area contributed by atoms with Crippen LogP contribution in [0.2, 0.25) is 0 Å². The number of hydrogen-bond donors (Lipinski definition) is 1. The van der Waals surface area contributed by atoms with Gasteiger partial charge in [-0.05, 0) is 54.8 Å². The number of likely N-dealkylation sites (N-methyl/N-ethyl adjacent to an activating group) is 1. The molecule has 0 radical (unpaired) electrons. The first-order valence-corrected chi connectivity index (χ1v) is 8.55. The van der Waals surface area contributed by atoms with E-state index in [-0.39, 0.29) is 0 Å². The molecule has 1 aliphatic carbocycles. The molecule has 1 N–H and O–H groups in total. The van der Waals surface area contributed by atoms with Gasteiger partial charge < -0.3 is 20.2 Å². The van der Waals surface area contributed by atoms with Gasteiger partial charge in [-0.15, -0.1) is 0 Å². The summed E-state index contributed by atoms with van der Waals surface area (Å²) in [6.07, 6.45) is 4.12. The molecular formula is C17H25N5O2. The summed E-state index contributed by atoms with van der Waals surface area (Å²) in [5.41, 5.74) is 3.87. The Bertz CT molecular complexity index is 707. The molecule has 1 aliphatic rings. The van der Waals surface area contributed by atoms with E-state index >= 15 is 0 Å². The van der Waals surface area contributed by atoms with Crippen molar-refractivity contribution >= 4 is 17.0 Å². The Kier molecular flexibility index (Phi) is 5.42. The van der Waals surface area contributed by atoms with Crippen LogP contribution >= 0.6 is 0 Å². The van der Waals surface area contributed by atoms with Gasteiger partial charge >= 0.3 is 0 Å². The van der Waals surface area contributed by atoms with Gasteiger partial charge in [0.25, 0.3) is 11.5 Å². The summed E-state index contributed by atoms with van der Waals surface area (Å²) in [6.45, 7) is 2.98. The third-order valence-corrected chi connectivity index (χ3v) is 4.49. The predicted octanol–water partition coefficient (Wildman–Crippen LogP) is 0.814. The summed E-state index contributed by atoms with van der Waals surface area (Å²) >= 11 is 0. The molecule has 7 nitrogen and oxygen atoms in total. The average Bonchev–Trinajstić information content (AvgIpc) is 3.03. The number of nitrogens with one attached hydrogen (secondary N) is 1. The number of benzene rings is 1. The van der Waals surface area contributed by atoms with Crippen LogP contribution < -0.4 is 15.1 Å². The molecule has 3 rings (SSSR count). The van der Waals surface area contributed by atoms with Crippen molar-refractivity contribution in [3.63, 3.8) is 0 Å². The van der Waals surface area contributed by atoms with Gasteiger partial charge in [-0.3, -0.25) is 0 Å². The van der Waals surface area contributed by atoms with Gasteiger partial charge in [-0.1, -0.05) is 0 Å². The van der Waals surface area contributed by atoms with Crippen LogP contribution in [0.1, 0.15) is 24.0 Å². The molecule has 0 saturated heterocycles. The Morgan fingerprint density at radius 3 is 2.83 bits per heavy atom. The molecule has 1 heterocycles. The van der Waals surface area contributed by atoms with Gasteiger partial charge in [0, 0.05) is 39.4 Å². The van der Waals surface area contributed by atoms with Crippen LogP contribution in [0, 0.1) is 5.21 Å². The number of anilines is 1. The Morgan fingerprint density at radius 1 is 1.29 bits per heavy atom. The molecule has 0 bridgehead atoms. The van der Waals surface area contributed by atoms with Gasteiger partial charge in [0.05, 0.1) is 5.10 Å². The highest BCUT2D eigenvalue weighted by molar-refractivity contribution is 5.74. The van der Waals surface area contributed by atoms with Gasteiger partial charge in [0.15, 0.2) is 0 Å². The lowest BCUT2D eigenvalue weighted by molar-refractivity contribution is -0.641. The number of aromatic nitrogens is 3. The number of fused-ring (bicyclic) bond motifs is 2. The summed E-state index contributed by atoms with van der Waals surface area (Å²) in [7, 11) is 3.60. The van der Waals surface area contributed by atoms with Crippen molar-refractivity contribution in [1.82, 2.24) is 15.4 Å². The quantitative estimate of drug-likeness (QED) is 0.438. The molecule has 0 atom stereocenters. The maximum atomic E-state index is 12.4. The third kappa shape index (κ3) is 3.57. The molecule has 0 aliphatic heterocycles.